The molecule has 0 saturated carbocycles. The van der Waals surface area contributed by atoms with Gasteiger partial charge in [-0.1, -0.05) is 11.8 Å². The highest BCUT2D eigenvalue weighted by molar-refractivity contribution is 7.98. The first-order chi connectivity index (χ1) is 15.7. The number of H-pyrrole nitrogens is 1. The van der Waals surface area contributed by atoms with Crippen LogP contribution in [-0.4, -0.2) is 31.4 Å². The van der Waals surface area contributed by atoms with Crippen molar-refractivity contribution >= 4 is 29.2 Å². The van der Waals surface area contributed by atoms with Gasteiger partial charge in [-0.15, -0.1) is 10.2 Å². The molecule has 0 aliphatic rings. The van der Waals surface area contributed by atoms with Gasteiger partial charge < -0.3 is 20.8 Å². The predicted molar refractivity (Wildman–Crippen MR) is 115 cm³/mol. The van der Waals surface area contributed by atoms with Crippen LogP contribution in [0.25, 0.3) is 11.4 Å². The first kappa shape index (κ1) is 22.3. The first-order valence-electron chi connectivity index (χ1n) is 9.24. The van der Waals surface area contributed by atoms with Gasteiger partial charge in [0.2, 0.25) is 11.8 Å². The molecular formula is C20H15F4N7OS. The van der Waals surface area contributed by atoms with Crippen molar-refractivity contribution in [2.75, 3.05) is 17.3 Å². The molecular weight excluding hydrogens is 462 g/mol. The number of rotatable bonds is 6. The van der Waals surface area contributed by atoms with Gasteiger partial charge in [0, 0.05) is 11.6 Å². The average molecular weight is 477 g/mol. The number of hydrogen-bond donors (Lipinski definition) is 3. The van der Waals surface area contributed by atoms with Crippen LogP contribution in [0.5, 0.6) is 11.6 Å². The lowest BCUT2D eigenvalue weighted by atomic mass is 10.2. The first-order valence-corrected chi connectivity index (χ1v) is 10.5. The lowest BCUT2D eigenvalue weighted by Gasteiger charge is -2.10. The summed E-state index contributed by atoms with van der Waals surface area (Å²) in [5.41, 5.74) is 4.97. The Bertz CT molecular complexity index is 1280. The molecule has 0 atom stereocenters. The van der Waals surface area contributed by atoms with E-state index < -0.39 is 17.6 Å². The Hall–Kier alpha value is -3.87. The monoisotopic (exact) mass is 477 g/mol. The van der Waals surface area contributed by atoms with Crippen LogP contribution in [0.2, 0.25) is 0 Å². The van der Waals surface area contributed by atoms with E-state index in [1.807, 2.05) is 6.26 Å². The minimum Gasteiger partial charge on any atom is -0.439 e. The normalized spacial score (nSPS) is 11.4. The van der Waals surface area contributed by atoms with E-state index >= 15 is 0 Å². The smallest absolute Gasteiger partial charge is 0.416 e. The van der Waals surface area contributed by atoms with Gasteiger partial charge in [-0.25, -0.2) is 9.37 Å². The van der Waals surface area contributed by atoms with Gasteiger partial charge >= 0.3 is 6.18 Å². The summed E-state index contributed by atoms with van der Waals surface area (Å²) in [7, 11) is 0. The SMILES string of the molecule is CSc1nc(N)cc(Oc2ccc(-c3nnc(Nc4cc(C(F)(F)F)ccc4F)[nH]3)cc2)n1. The summed E-state index contributed by atoms with van der Waals surface area (Å²) >= 11 is 1.33. The molecule has 2 aromatic carbocycles. The van der Waals surface area contributed by atoms with Crippen molar-refractivity contribution in [1.82, 2.24) is 25.1 Å². The van der Waals surface area contributed by atoms with E-state index in [0.717, 1.165) is 6.07 Å². The molecule has 13 heteroatoms. The number of anilines is 3. The van der Waals surface area contributed by atoms with E-state index in [1.165, 1.54) is 17.8 Å². The summed E-state index contributed by atoms with van der Waals surface area (Å²) in [6, 6.07) is 10.2. The van der Waals surface area contributed by atoms with Crippen LogP contribution in [0, 0.1) is 5.82 Å². The second kappa shape index (κ2) is 8.94. The summed E-state index contributed by atoms with van der Waals surface area (Å²) in [5, 5.41) is 10.7. The summed E-state index contributed by atoms with van der Waals surface area (Å²) < 4.78 is 58.3. The maximum Gasteiger partial charge on any atom is 0.416 e. The van der Waals surface area contributed by atoms with Gasteiger partial charge in [0.25, 0.3) is 0 Å². The van der Waals surface area contributed by atoms with Crippen LogP contribution < -0.4 is 15.8 Å². The number of hydrogen-bond acceptors (Lipinski definition) is 8. The zero-order chi connectivity index (χ0) is 23.6. The van der Waals surface area contributed by atoms with Crippen molar-refractivity contribution in [1.29, 1.82) is 0 Å². The Morgan fingerprint density at radius 1 is 1.03 bits per heavy atom. The molecule has 0 fully saturated rings. The number of nitrogens with one attached hydrogen (secondary N) is 2. The summed E-state index contributed by atoms with van der Waals surface area (Å²) in [6.07, 6.45) is -2.79. The molecule has 33 heavy (non-hydrogen) atoms. The average Bonchev–Trinajstić information content (AvgIpc) is 3.23. The van der Waals surface area contributed by atoms with Crippen LogP contribution in [0.3, 0.4) is 0 Å². The number of benzene rings is 2. The molecule has 0 amide bonds. The summed E-state index contributed by atoms with van der Waals surface area (Å²) in [6.45, 7) is 0. The number of ether oxygens (including phenoxy) is 1. The topological polar surface area (TPSA) is 115 Å². The van der Waals surface area contributed by atoms with Gasteiger partial charge in [0.15, 0.2) is 11.0 Å². The van der Waals surface area contributed by atoms with E-state index in [0.29, 0.717) is 34.4 Å². The molecule has 0 aliphatic carbocycles. The Morgan fingerprint density at radius 2 is 1.79 bits per heavy atom. The standard InChI is InChI=1S/C20H15F4N7OS/c1-33-19-27-15(25)9-16(28-19)32-12-5-2-10(3-6-12)17-29-18(31-30-17)26-14-8-11(20(22,23)24)4-7-13(14)21/h2-9H,1H3,(H2,25,27,28)(H2,26,29,30,31). The second-order valence-corrected chi connectivity index (χ2v) is 7.36. The molecule has 0 spiro atoms. The number of thioether (sulfide) groups is 1. The minimum atomic E-state index is -4.60. The van der Waals surface area contributed by atoms with E-state index in [9.17, 15) is 17.6 Å². The molecule has 0 aliphatic heterocycles. The minimum absolute atomic E-state index is 0.0235. The van der Waals surface area contributed by atoms with Crippen LogP contribution >= 0.6 is 11.8 Å². The zero-order valence-electron chi connectivity index (χ0n) is 16.8. The van der Waals surface area contributed by atoms with Crippen LogP contribution in [-0.2, 0) is 6.18 Å². The highest BCUT2D eigenvalue weighted by Crippen LogP contribution is 2.32. The quantitative estimate of drug-likeness (QED) is 0.196. The Kier molecular flexibility index (Phi) is 6.05. The van der Waals surface area contributed by atoms with Gasteiger partial charge in [0.05, 0.1) is 11.3 Å². The number of aromatic amines is 1. The van der Waals surface area contributed by atoms with Crippen molar-refractivity contribution < 1.29 is 22.3 Å². The third-order valence-electron chi connectivity index (χ3n) is 4.27. The maximum absolute atomic E-state index is 13.9. The summed E-state index contributed by atoms with van der Waals surface area (Å²) in [4.78, 5) is 11.1. The Morgan fingerprint density at radius 3 is 2.48 bits per heavy atom. The van der Waals surface area contributed by atoms with Crippen molar-refractivity contribution in [2.45, 2.75) is 11.3 Å². The molecule has 2 aromatic heterocycles. The lowest BCUT2D eigenvalue weighted by molar-refractivity contribution is -0.137. The highest BCUT2D eigenvalue weighted by atomic mass is 32.2. The number of alkyl halides is 3. The van der Waals surface area contributed by atoms with Crippen LogP contribution in [0.15, 0.2) is 53.7 Å². The summed E-state index contributed by atoms with van der Waals surface area (Å²) in [5.74, 6) is 0.468. The molecule has 0 saturated heterocycles. The molecule has 0 unspecified atom stereocenters. The van der Waals surface area contributed by atoms with Crippen molar-refractivity contribution in [3.05, 3.63) is 59.9 Å². The third-order valence-corrected chi connectivity index (χ3v) is 4.82. The third kappa shape index (κ3) is 5.31. The molecule has 4 N–H and O–H groups in total. The Balaban J connectivity index is 1.49. The van der Waals surface area contributed by atoms with Crippen molar-refractivity contribution in [3.8, 4) is 23.0 Å². The van der Waals surface area contributed by atoms with Crippen molar-refractivity contribution in [3.63, 3.8) is 0 Å². The fourth-order valence-corrected chi connectivity index (χ4v) is 3.12. The highest BCUT2D eigenvalue weighted by Gasteiger charge is 2.31. The molecule has 2 heterocycles. The molecule has 8 nitrogen and oxygen atoms in total. The largest absolute Gasteiger partial charge is 0.439 e. The number of nitrogen functional groups attached to an aromatic ring is 1. The lowest BCUT2D eigenvalue weighted by Crippen LogP contribution is -2.06. The number of aromatic nitrogens is 5. The van der Waals surface area contributed by atoms with Gasteiger partial charge in [-0.2, -0.15) is 18.2 Å². The second-order valence-electron chi connectivity index (χ2n) is 6.58. The molecule has 170 valence electrons. The van der Waals surface area contributed by atoms with Crippen LogP contribution in [0.1, 0.15) is 5.56 Å². The molecule has 0 radical (unpaired) electrons. The van der Waals surface area contributed by atoms with Crippen molar-refractivity contribution in [2.24, 2.45) is 0 Å². The van der Waals surface area contributed by atoms with E-state index in [1.54, 1.807) is 24.3 Å². The predicted octanol–water partition coefficient (Wildman–Crippen LogP) is 5.26. The molecule has 4 aromatic rings. The fraction of sp³-hybridized carbons (Fsp3) is 0.100. The van der Waals surface area contributed by atoms with E-state index in [4.69, 9.17) is 10.5 Å². The van der Waals surface area contributed by atoms with E-state index in [-0.39, 0.29) is 23.3 Å². The van der Waals surface area contributed by atoms with E-state index in [2.05, 4.69) is 30.5 Å². The van der Waals surface area contributed by atoms with Gasteiger partial charge in [-0.3, -0.25) is 0 Å². The molecule has 4 rings (SSSR count). The number of nitrogens with two attached hydrogens (primary N) is 1. The van der Waals surface area contributed by atoms with Crippen LogP contribution in [0.4, 0.5) is 35.0 Å². The maximum atomic E-state index is 13.9. The fourth-order valence-electron chi connectivity index (χ4n) is 2.74. The number of nitrogens with zero attached hydrogens (tertiary/aromatic N) is 4. The molecule has 0 bridgehead atoms. The Labute approximate surface area is 188 Å². The zero-order valence-corrected chi connectivity index (χ0v) is 17.6. The van der Waals surface area contributed by atoms with Gasteiger partial charge in [0.1, 0.15) is 17.4 Å². The number of halogens is 4. The van der Waals surface area contributed by atoms with Gasteiger partial charge in [-0.05, 0) is 48.7 Å².